The van der Waals surface area contributed by atoms with Gasteiger partial charge in [0.05, 0.1) is 6.04 Å². The van der Waals surface area contributed by atoms with Crippen molar-refractivity contribution in [2.24, 2.45) is 0 Å². The van der Waals surface area contributed by atoms with Crippen molar-refractivity contribution in [2.75, 3.05) is 12.3 Å². The Balaban J connectivity index is 2.20. The third-order valence-corrected chi connectivity index (χ3v) is 3.58. The molecule has 2 rings (SSSR count). The van der Waals surface area contributed by atoms with Crippen LogP contribution in [-0.2, 0) is 4.79 Å². The Bertz CT molecular complexity index is 417. The largest absolute Gasteiger partial charge is 0.399 e. The second-order valence-electron chi connectivity index (χ2n) is 5.02. The lowest BCUT2D eigenvalue weighted by Gasteiger charge is -2.36. The summed E-state index contributed by atoms with van der Waals surface area (Å²) in [5.41, 5.74) is 7.80. The fraction of sp³-hybridized carbons (Fsp3) is 0.533. The Morgan fingerprint density at radius 2 is 2.28 bits per heavy atom. The van der Waals surface area contributed by atoms with Crippen LogP contribution in [0.15, 0.2) is 24.3 Å². The second-order valence-corrected chi connectivity index (χ2v) is 5.02. The van der Waals surface area contributed by atoms with E-state index < -0.39 is 0 Å². The van der Waals surface area contributed by atoms with E-state index in [4.69, 9.17) is 5.73 Å². The summed E-state index contributed by atoms with van der Waals surface area (Å²) in [6, 6.07) is 8.17. The zero-order valence-electron chi connectivity index (χ0n) is 11.1. The number of benzene rings is 1. The number of hydrogen-bond acceptors (Lipinski definition) is 2. The van der Waals surface area contributed by atoms with Gasteiger partial charge in [-0.2, -0.15) is 0 Å². The normalized spacial score (nSPS) is 19.8. The molecule has 3 heteroatoms. The van der Waals surface area contributed by atoms with Crippen LogP contribution in [0, 0.1) is 0 Å². The van der Waals surface area contributed by atoms with Gasteiger partial charge >= 0.3 is 0 Å². The molecule has 0 spiro atoms. The predicted molar refractivity (Wildman–Crippen MR) is 74.1 cm³/mol. The predicted octanol–water partition coefficient (Wildman–Crippen LogP) is 3.12. The molecule has 3 nitrogen and oxygen atoms in total. The number of carbonyl (C=O) groups is 1. The molecule has 1 atom stereocenters. The van der Waals surface area contributed by atoms with Gasteiger partial charge in [0.25, 0.3) is 0 Å². The third-order valence-electron chi connectivity index (χ3n) is 3.58. The highest BCUT2D eigenvalue weighted by molar-refractivity contribution is 5.76. The standard InChI is InChI=1S/C15H22N2O/c1-2-6-15(18)17-10-4-3-9-14(17)12-7-5-8-13(16)11-12/h5,7-8,11,14H,2-4,6,9-10,16H2,1H3. The van der Waals surface area contributed by atoms with Crippen molar-refractivity contribution in [1.29, 1.82) is 0 Å². The lowest BCUT2D eigenvalue weighted by atomic mass is 9.94. The Kier molecular flexibility index (Phi) is 4.24. The topological polar surface area (TPSA) is 46.3 Å². The highest BCUT2D eigenvalue weighted by Crippen LogP contribution is 2.32. The summed E-state index contributed by atoms with van der Waals surface area (Å²) >= 11 is 0. The SMILES string of the molecule is CCCC(=O)N1CCCCC1c1cccc(N)c1. The summed E-state index contributed by atoms with van der Waals surface area (Å²) in [7, 11) is 0. The van der Waals surface area contributed by atoms with Crippen molar-refractivity contribution in [1.82, 2.24) is 4.90 Å². The molecule has 1 saturated heterocycles. The van der Waals surface area contributed by atoms with Crippen molar-refractivity contribution in [3.05, 3.63) is 29.8 Å². The van der Waals surface area contributed by atoms with E-state index >= 15 is 0 Å². The van der Waals surface area contributed by atoms with Crippen LogP contribution in [0.4, 0.5) is 5.69 Å². The molecule has 1 aliphatic heterocycles. The van der Waals surface area contributed by atoms with Gasteiger partial charge in [-0.3, -0.25) is 4.79 Å². The van der Waals surface area contributed by atoms with Gasteiger partial charge in [-0.05, 0) is 43.4 Å². The number of amides is 1. The third kappa shape index (κ3) is 2.84. The summed E-state index contributed by atoms with van der Waals surface area (Å²) < 4.78 is 0. The first kappa shape index (κ1) is 12.9. The number of nitrogens with zero attached hydrogens (tertiary/aromatic N) is 1. The summed E-state index contributed by atoms with van der Waals surface area (Å²) in [6.07, 6.45) is 4.93. The molecule has 1 aromatic rings. The Labute approximate surface area is 109 Å². The minimum atomic E-state index is 0.223. The van der Waals surface area contributed by atoms with Crippen molar-refractivity contribution >= 4 is 11.6 Å². The number of anilines is 1. The number of carbonyl (C=O) groups excluding carboxylic acids is 1. The van der Waals surface area contributed by atoms with E-state index in [2.05, 4.69) is 13.0 Å². The van der Waals surface area contributed by atoms with Crippen LogP contribution < -0.4 is 5.73 Å². The molecule has 0 aliphatic carbocycles. The summed E-state index contributed by atoms with van der Waals surface area (Å²) in [6.45, 7) is 2.94. The summed E-state index contributed by atoms with van der Waals surface area (Å²) in [4.78, 5) is 14.2. The first-order valence-corrected chi connectivity index (χ1v) is 6.87. The maximum absolute atomic E-state index is 12.2. The maximum Gasteiger partial charge on any atom is 0.223 e. The molecule has 1 unspecified atom stereocenters. The smallest absolute Gasteiger partial charge is 0.223 e. The van der Waals surface area contributed by atoms with Gasteiger partial charge in [0.15, 0.2) is 0 Å². The first-order chi connectivity index (χ1) is 8.72. The molecule has 0 saturated carbocycles. The molecule has 1 heterocycles. The van der Waals surface area contributed by atoms with Crippen LogP contribution in [0.3, 0.4) is 0 Å². The van der Waals surface area contributed by atoms with Crippen LogP contribution in [0.5, 0.6) is 0 Å². The summed E-state index contributed by atoms with van der Waals surface area (Å²) in [5.74, 6) is 0.282. The molecule has 0 bridgehead atoms. The number of rotatable bonds is 3. The van der Waals surface area contributed by atoms with Gasteiger partial charge in [0, 0.05) is 18.7 Å². The Morgan fingerprint density at radius 1 is 1.44 bits per heavy atom. The van der Waals surface area contributed by atoms with Gasteiger partial charge < -0.3 is 10.6 Å². The van der Waals surface area contributed by atoms with Gasteiger partial charge in [0.2, 0.25) is 5.91 Å². The van der Waals surface area contributed by atoms with Crippen LogP contribution in [-0.4, -0.2) is 17.4 Å². The highest BCUT2D eigenvalue weighted by atomic mass is 16.2. The molecular weight excluding hydrogens is 224 g/mol. The van der Waals surface area contributed by atoms with Crippen molar-refractivity contribution in [3.8, 4) is 0 Å². The van der Waals surface area contributed by atoms with Gasteiger partial charge in [0.1, 0.15) is 0 Å². The van der Waals surface area contributed by atoms with Crippen molar-refractivity contribution in [3.63, 3.8) is 0 Å². The monoisotopic (exact) mass is 246 g/mol. The Morgan fingerprint density at radius 3 is 3.00 bits per heavy atom. The van der Waals surface area contributed by atoms with E-state index in [0.717, 1.165) is 31.5 Å². The number of hydrogen-bond donors (Lipinski definition) is 1. The van der Waals surface area contributed by atoms with Crippen LogP contribution >= 0.6 is 0 Å². The van der Waals surface area contributed by atoms with Crippen molar-refractivity contribution in [2.45, 2.75) is 45.1 Å². The van der Waals surface area contributed by atoms with Crippen molar-refractivity contribution < 1.29 is 4.79 Å². The molecule has 98 valence electrons. The Hall–Kier alpha value is -1.51. The number of nitrogens with two attached hydrogens (primary N) is 1. The minimum Gasteiger partial charge on any atom is -0.399 e. The molecule has 2 N–H and O–H groups in total. The molecule has 0 radical (unpaired) electrons. The fourth-order valence-corrected chi connectivity index (χ4v) is 2.70. The average Bonchev–Trinajstić information content (AvgIpc) is 2.39. The van der Waals surface area contributed by atoms with E-state index in [1.54, 1.807) is 0 Å². The molecule has 0 aromatic heterocycles. The number of piperidine rings is 1. The van der Waals surface area contributed by atoms with E-state index in [1.165, 1.54) is 12.0 Å². The molecule has 1 aromatic carbocycles. The fourth-order valence-electron chi connectivity index (χ4n) is 2.70. The van der Waals surface area contributed by atoms with Gasteiger partial charge in [-0.1, -0.05) is 19.1 Å². The zero-order valence-corrected chi connectivity index (χ0v) is 11.1. The molecule has 1 aliphatic rings. The second kappa shape index (κ2) is 5.89. The van der Waals surface area contributed by atoms with Crippen LogP contribution in [0.25, 0.3) is 0 Å². The zero-order chi connectivity index (χ0) is 13.0. The minimum absolute atomic E-state index is 0.223. The number of likely N-dealkylation sites (tertiary alicyclic amines) is 1. The molecule has 1 fully saturated rings. The van der Waals surface area contributed by atoms with Gasteiger partial charge in [-0.15, -0.1) is 0 Å². The van der Waals surface area contributed by atoms with E-state index in [1.807, 2.05) is 23.1 Å². The molecular formula is C15H22N2O. The maximum atomic E-state index is 12.2. The average molecular weight is 246 g/mol. The van der Waals surface area contributed by atoms with Crippen LogP contribution in [0.2, 0.25) is 0 Å². The molecule has 1 amide bonds. The molecule has 18 heavy (non-hydrogen) atoms. The highest BCUT2D eigenvalue weighted by Gasteiger charge is 2.27. The first-order valence-electron chi connectivity index (χ1n) is 6.87. The number of nitrogen functional groups attached to an aromatic ring is 1. The van der Waals surface area contributed by atoms with Gasteiger partial charge in [-0.25, -0.2) is 0 Å². The lowest BCUT2D eigenvalue weighted by molar-refractivity contribution is -0.135. The summed E-state index contributed by atoms with van der Waals surface area (Å²) in [5, 5.41) is 0. The van der Waals surface area contributed by atoms with E-state index in [9.17, 15) is 4.79 Å². The van der Waals surface area contributed by atoms with Crippen LogP contribution in [0.1, 0.15) is 50.6 Å². The quantitative estimate of drug-likeness (QED) is 0.833. The van der Waals surface area contributed by atoms with E-state index in [-0.39, 0.29) is 11.9 Å². The lowest BCUT2D eigenvalue weighted by Crippen LogP contribution is -2.38. The van der Waals surface area contributed by atoms with E-state index in [0.29, 0.717) is 6.42 Å².